The number of thioether (sulfide) groups is 1. The summed E-state index contributed by atoms with van der Waals surface area (Å²) in [4.78, 5) is 24.8. The molecule has 0 saturated heterocycles. The van der Waals surface area contributed by atoms with E-state index in [9.17, 15) is 14.0 Å². The van der Waals surface area contributed by atoms with Gasteiger partial charge in [-0.3, -0.25) is 14.0 Å². The number of hydrogen-bond acceptors (Lipinski definition) is 5. The Kier molecular flexibility index (Phi) is 6.67. The summed E-state index contributed by atoms with van der Waals surface area (Å²) in [5.74, 6) is -1.29. The lowest BCUT2D eigenvalue weighted by Crippen LogP contribution is -2.23. The van der Waals surface area contributed by atoms with E-state index in [1.807, 2.05) is 30.3 Å². The molecular weight excluding hydrogens is 453 g/mol. The van der Waals surface area contributed by atoms with Crippen molar-refractivity contribution in [1.29, 1.82) is 0 Å². The van der Waals surface area contributed by atoms with Gasteiger partial charge in [0.05, 0.1) is 17.0 Å². The maximum absolute atomic E-state index is 13.9. The summed E-state index contributed by atoms with van der Waals surface area (Å²) in [6.45, 7) is 0.406. The largest absolute Gasteiger partial charge is 0.348 e. The lowest BCUT2D eigenvalue weighted by atomic mass is 10.2. The molecule has 10 heteroatoms. The third kappa shape index (κ3) is 5.24. The standard InChI is InChI=1S/C22H17ClFN5O2S/c23-16-7-8-18(17(24)10-16)26-20(30)13-32-22-28-27-19-9-6-15(12-29(19)22)21(31)25-11-14-4-2-1-3-5-14/h1-10,12H,11,13H2,(H,25,31)(H,26,30). The first-order valence-electron chi connectivity index (χ1n) is 9.54. The predicted molar refractivity (Wildman–Crippen MR) is 121 cm³/mol. The highest BCUT2D eigenvalue weighted by atomic mass is 35.5. The van der Waals surface area contributed by atoms with Crippen LogP contribution in [0.25, 0.3) is 5.65 Å². The molecule has 7 nitrogen and oxygen atoms in total. The molecule has 4 rings (SSSR count). The van der Waals surface area contributed by atoms with Crippen molar-refractivity contribution in [3.8, 4) is 0 Å². The first-order chi connectivity index (χ1) is 15.5. The Morgan fingerprint density at radius 3 is 2.66 bits per heavy atom. The smallest absolute Gasteiger partial charge is 0.253 e. The number of nitrogens with one attached hydrogen (secondary N) is 2. The van der Waals surface area contributed by atoms with Gasteiger partial charge in [-0.2, -0.15) is 0 Å². The zero-order valence-electron chi connectivity index (χ0n) is 16.6. The molecule has 162 valence electrons. The highest BCUT2D eigenvalue weighted by Crippen LogP contribution is 2.21. The number of fused-ring (bicyclic) bond motifs is 1. The van der Waals surface area contributed by atoms with Gasteiger partial charge in [0.15, 0.2) is 10.8 Å². The topological polar surface area (TPSA) is 88.4 Å². The molecule has 0 unspecified atom stereocenters. The quantitative estimate of drug-likeness (QED) is 0.396. The molecule has 0 saturated carbocycles. The van der Waals surface area contributed by atoms with Gasteiger partial charge in [0, 0.05) is 17.8 Å². The fraction of sp³-hybridized carbons (Fsp3) is 0.0909. The Labute approximate surface area is 192 Å². The number of aromatic nitrogens is 3. The van der Waals surface area contributed by atoms with Crippen LogP contribution in [0.3, 0.4) is 0 Å². The highest BCUT2D eigenvalue weighted by molar-refractivity contribution is 7.99. The van der Waals surface area contributed by atoms with Crippen LogP contribution in [0.15, 0.2) is 72.0 Å². The molecule has 2 aromatic heterocycles. The van der Waals surface area contributed by atoms with Crippen LogP contribution in [0.1, 0.15) is 15.9 Å². The fourth-order valence-electron chi connectivity index (χ4n) is 2.89. The lowest BCUT2D eigenvalue weighted by Gasteiger charge is -2.07. The van der Waals surface area contributed by atoms with Crippen molar-refractivity contribution in [2.45, 2.75) is 11.7 Å². The summed E-state index contributed by atoms with van der Waals surface area (Å²) in [6, 6.07) is 16.9. The Balaban J connectivity index is 1.41. The zero-order valence-corrected chi connectivity index (χ0v) is 18.2. The van der Waals surface area contributed by atoms with Gasteiger partial charge in [0.2, 0.25) is 5.91 Å². The molecule has 0 aliphatic carbocycles. The second kappa shape index (κ2) is 9.80. The van der Waals surface area contributed by atoms with Crippen molar-refractivity contribution in [2.24, 2.45) is 0 Å². The van der Waals surface area contributed by atoms with E-state index in [-0.39, 0.29) is 22.4 Å². The monoisotopic (exact) mass is 469 g/mol. The summed E-state index contributed by atoms with van der Waals surface area (Å²) in [6.07, 6.45) is 1.62. The van der Waals surface area contributed by atoms with Gasteiger partial charge in [0.1, 0.15) is 5.82 Å². The molecule has 0 atom stereocenters. The molecule has 2 aromatic carbocycles. The van der Waals surface area contributed by atoms with Crippen molar-refractivity contribution in [2.75, 3.05) is 11.1 Å². The molecular formula is C22H17ClFN5O2S. The predicted octanol–water partition coefficient (Wildman–Crippen LogP) is 4.18. The first kappa shape index (κ1) is 21.8. The van der Waals surface area contributed by atoms with E-state index in [4.69, 9.17) is 11.6 Å². The summed E-state index contributed by atoms with van der Waals surface area (Å²) < 4.78 is 15.5. The van der Waals surface area contributed by atoms with Crippen LogP contribution in [0.5, 0.6) is 0 Å². The van der Waals surface area contributed by atoms with Crippen molar-refractivity contribution in [3.63, 3.8) is 0 Å². The minimum Gasteiger partial charge on any atom is -0.348 e. The van der Waals surface area contributed by atoms with Gasteiger partial charge in [-0.05, 0) is 35.9 Å². The Morgan fingerprint density at radius 1 is 1.06 bits per heavy atom. The summed E-state index contributed by atoms with van der Waals surface area (Å²) in [5, 5.41) is 14.2. The maximum Gasteiger partial charge on any atom is 0.253 e. The SMILES string of the molecule is O=C(CSc1nnc2ccc(C(=O)NCc3ccccc3)cn12)Nc1ccc(Cl)cc1F. The fourth-order valence-corrected chi connectivity index (χ4v) is 3.77. The number of benzene rings is 2. The molecule has 0 aliphatic heterocycles. The number of amides is 2. The van der Waals surface area contributed by atoms with Crippen LogP contribution in [0, 0.1) is 5.82 Å². The van der Waals surface area contributed by atoms with Gasteiger partial charge in [-0.25, -0.2) is 4.39 Å². The van der Waals surface area contributed by atoms with Gasteiger partial charge < -0.3 is 10.6 Å². The maximum atomic E-state index is 13.9. The van der Waals surface area contributed by atoms with Crippen molar-refractivity contribution < 1.29 is 14.0 Å². The van der Waals surface area contributed by atoms with Gasteiger partial charge in [-0.1, -0.05) is 53.7 Å². The molecule has 0 bridgehead atoms. The number of carbonyl (C=O) groups excluding carboxylic acids is 2. The first-order valence-corrected chi connectivity index (χ1v) is 10.9. The van der Waals surface area contributed by atoms with E-state index >= 15 is 0 Å². The van der Waals surface area contributed by atoms with Crippen molar-refractivity contribution >= 4 is 46.5 Å². The average Bonchev–Trinajstić information content (AvgIpc) is 3.21. The minimum absolute atomic E-state index is 0.0205. The number of nitrogens with zero attached hydrogens (tertiary/aromatic N) is 3. The number of halogens is 2. The third-order valence-electron chi connectivity index (χ3n) is 4.47. The van der Waals surface area contributed by atoms with Gasteiger partial charge >= 0.3 is 0 Å². The van der Waals surface area contributed by atoms with E-state index < -0.39 is 11.7 Å². The van der Waals surface area contributed by atoms with Crippen LogP contribution >= 0.6 is 23.4 Å². The molecule has 2 heterocycles. The normalized spacial score (nSPS) is 10.8. The third-order valence-corrected chi connectivity index (χ3v) is 5.64. The van der Waals surface area contributed by atoms with E-state index in [0.29, 0.717) is 22.9 Å². The molecule has 0 spiro atoms. The van der Waals surface area contributed by atoms with Crippen LogP contribution in [0.2, 0.25) is 5.02 Å². The van der Waals surface area contributed by atoms with Crippen LogP contribution in [-0.2, 0) is 11.3 Å². The average molecular weight is 470 g/mol. The van der Waals surface area contributed by atoms with Gasteiger partial charge in [0.25, 0.3) is 5.91 Å². The number of rotatable bonds is 7. The van der Waals surface area contributed by atoms with E-state index in [0.717, 1.165) is 23.4 Å². The molecule has 0 aliphatic rings. The Bertz CT molecular complexity index is 1280. The van der Waals surface area contributed by atoms with Crippen molar-refractivity contribution in [3.05, 3.63) is 88.8 Å². The second-order valence-electron chi connectivity index (χ2n) is 6.76. The van der Waals surface area contributed by atoms with E-state index in [1.165, 1.54) is 12.1 Å². The molecule has 4 aromatic rings. The van der Waals surface area contributed by atoms with E-state index in [2.05, 4.69) is 20.8 Å². The highest BCUT2D eigenvalue weighted by Gasteiger charge is 2.13. The van der Waals surface area contributed by atoms with Crippen LogP contribution in [-0.4, -0.2) is 32.2 Å². The Hall–Kier alpha value is -3.43. The van der Waals surface area contributed by atoms with Crippen molar-refractivity contribution in [1.82, 2.24) is 19.9 Å². The zero-order chi connectivity index (χ0) is 22.5. The van der Waals surface area contributed by atoms with E-state index in [1.54, 1.807) is 22.7 Å². The molecule has 2 N–H and O–H groups in total. The molecule has 32 heavy (non-hydrogen) atoms. The number of anilines is 1. The summed E-state index contributed by atoms with van der Waals surface area (Å²) in [7, 11) is 0. The minimum atomic E-state index is -0.616. The molecule has 2 amide bonds. The van der Waals surface area contributed by atoms with Crippen LogP contribution < -0.4 is 10.6 Å². The van der Waals surface area contributed by atoms with Gasteiger partial charge in [-0.15, -0.1) is 10.2 Å². The second-order valence-corrected chi connectivity index (χ2v) is 8.14. The number of hydrogen-bond donors (Lipinski definition) is 2. The lowest BCUT2D eigenvalue weighted by molar-refractivity contribution is -0.113. The van der Waals surface area contributed by atoms with Crippen LogP contribution in [0.4, 0.5) is 10.1 Å². The number of pyridine rings is 1. The number of carbonyl (C=O) groups is 2. The summed E-state index contributed by atoms with van der Waals surface area (Å²) >= 11 is 6.84. The molecule has 0 radical (unpaired) electrons. The summed E-state index contributed by atoms with van der Waals surface area (Å²) in [5.41, 5.74) is 2.01. The Morgan fingerprint density at radius 2 is 1.88 bits per heavy atom. The molecule has 0 fully saturated rings.